The number of carboxylic acids is 1. The minimum Gasteiger partial charge on any atom is -0.481 e. The van der Waals surface area contributed by atoms with Crippen LogP contribution in [-0.4, -0.2) is 35.6 Å². The van der Waals surface area contributed by atoms with Crippen molar-refractivity contribution in [1.82, 2.24) is 4.90 Å². The summed E-state index contributed by atoms with van der Waals surface area (Å²) in [4.78, 5) is 12.7. The van der Waals surface area contributed by atoms with Crippen LogP contribution in [0.4, 0.5) is 0 Å². The minimum atomic E-state index is -0.699. The lowest BCUT2D eigenvalue weighted by atomic mass is 9.92. The summed E-state index contributed by atoms with van der Waals surface area (Å²) in [5.41, 5.74) is 1.40. The molecular formula is C11H17Cl2NO2. The molecule has 0 aromatic rings. The quantitative estimate of drug-likeness (QED) is 0.831. The van der Waals surface area contributed by atoms with E-state index in [0.717, 1.165) is 32.4 Å². The third kappa shape index (κ3) is 5.19. The third-order valence-corrected chi connectivity index (χ3v) is 3.57. The number of likely N-dealkylation sites (tertiary alicyclic amines) is 1. The van der Waals surface area contributed by atoms with Crippen LogP contribution in [0.2, 0.25) is 0 Å². The Hall–Kier alpha value is -0.250. The van der Waals surface area contributed by atoms with Gasteiger partial charge in [-0.15, -0.1) is 0 Å². The summed E-state index contributed by atoms with van der Waals surface area (Å²) < 4.78 is 0. The molecule has 0 aromatic carbocycles. The third-order valence-electron chi connectivity index (χ3n) is 2.97. The van der Waals surface area contributed by atoms with Gasteiger partial charge in [0.25, 0.3) is 0 Å². The maximum absolute atomic E-state index is 10.4. The zero-order valence-electron chi connectivity index (χ0n) is 9.16. The highest BCUT2D eigenvalue weighted by molar-refractivity contribution is 6.36. The molecule has 0 saturated carbocycles. The first kappa shape index (κ1) is 13.8. The van der Waals surface area contributed by atoms with Crippen molar-refractivity contribution in [2.75, 3.05) is 19.6 Å². The van der Waals surface area contributed by atoms with Crippen LogP contribution in [0.5, 0.6) is 0 Å². The van der Waals surface area contributed by atoms with Crippen molar-refractivity contribution in [1.29, 1.82) is 0 Å². The van der Waals surface area contributed by atoms with Crippen molar-refractivity contribution in [2.24, 2.45) is 5.92 Å². The van der Waals surface area contributed by atoms with E-state index in [2.05, 4.69) is 4.90 Å². The fraction of sp³-hybridized carbons (Fsp3) is 0.727. The first-order valence-corrected chi connectivity index (χ1v) is 6.32. The largest absolute Gasteiger partial charge is 0.481 e. The van der Waals surface area contributed by atoms with Crippen LogP contribution in [0.25, 0.3) is 0 Å². The van der Waals surface area contributed by atoms with Crippen molar-refractivity contribution >= 4 is 29.2 Å². The SMILES string of the molecule is O=C(O)CCC1CCN(CC(Cl)=CCl)CC1. The predicted molar refractivity (Wildman–Crippen MR) is 65.8 cm³/mol. The maximum atomic E-state index is 10.4. The van der Waals surface area contributed by atoms with Crippen molar-refractivity contribution < 1.29 is 9.90 Å². The average Bonchev–Trinajstić information content (AvgIpc) is 2.28. The topological polar surface area (TPSA) is 40.5 Å². The molecule has 1 aliphatic rings. The lowest BCUT2D eigenvalue weighted by Gasteiger charge is -2.31. The molecule has 0 radical (unpaired) electrons. The molecule has 0 aliphatic carbocycles. The standard InChI is InChI=1S/C11H17Cl2NO2/c12-7-10(13)8-14-5-3-9(4-6-14)1-2-11(15)16/h7,9H,1-6,8H2,(H,15,16). The molecule has 0 bridgehead atoms. The average molecular weight is 266 g/mol. The molecule has 1 saturated heterocycles. The second-order valence-electron chi connectivity index (χ2n) is 4.21. The van der Waals surface area contributed by atoms with Gasteiger partial charge in [-0.1, -0.05) is 23.2 Å². The number of aliphatic carboxylic acids is 1. The van der Waals surface area contributed by atoms with E-state index < -0.39 is 5.97 Å². The highest BCUT2D eigenvalue weighted by atomic mass is 35.5. The molecule has 1 fully saturated rings. The van der Waals surface area contributed by atoms with Gasteiger partial charge in [0.15, 0.2) is 0 Å². The Kier molecular flexibility index (Phi) is 6.17. The van der Waals surface area contributed by atoms with Crippen molar-refractivity contribution in [3.8, 4) is 0 Å². The normalized spacial score (nSPS) is 20.0. The number of rotatable bonds is 5. The lowest BCUT2D eigenvalue weighted by molar-refractivity contribution is -0.137. The Morgan fingerprint density at radius 3 is 2.56 bits per heavy atom. The molecule has 1 aliphatic heterocycles. The van der Waals surface area contributed by atoms with E-state index in [0.29, 0.717) is 17.5 Å². The Labute approximate surface area is 106 Å². The molecule has 0 spiro atoms. The van der Waals surface area contributed by atoms with Crippen molar-refractivity contribution in [3.05, 3.63) is 10.6 Å². The van der Waals surface area contributed by atoms with Crippen LogP contribution in [0.15, 0.2) is 10.6 Å². The van der Waals surface area contributed by atoms with E-state index >= 15 is 0 Å². The minimum absolute atomic E-state index is 0.285. The summed E-state index contributed by atoms with van der Waals surface area (Å²) in [6.07, 6.45) is 3.19. The fourth-order valence-corrected chi connectivity index (χ4v) is 2.25. The summed E-state index contributed by atoms with van der Waals surface area (Å²) in [5, 5.41) is 9.25. The van der Waals surface area contributed by atoms with E-state index in [1.165, 1.54) is 5.54 Å². The van der Waals surface area contributed by atoms with Gasteiger partial charge in [-0.2, -0.15) is 0 Å². The maximum Gasteiger partial charge on any atom is 0.303 e. The van der Waals surface area contributed by atoms with E-state index in [9.17, 15) is 4.79 Å². The Morgan fingerprint density at radius 2 is 2.06 bits per heavy atom. The molecule has 3 nitrogen and oxygen atoms in total. The monoisotopic (exact) mass is 265 g/mol. The van der Waals surface area contributed by atoms with Crippen LogP contribution in [0.3, 0.4) is 0 Å². The van der Waals surface area contributed by atoms with Gasteiger partial charge in [0.05, 0.1) is 0 Å². The number of halogens is 2. The molecule has 0 amide bonds. The Morgan fingerprint density at radius 1 is 1.44 bits per heavy atom. The Bertz CT molecular complexity index is 261. The summed E-state index contributed by atoms with van der Waals surface area (Å²) in [7, 11) is 0. The van der Waals surface area contributed by atoms with Gasteiger partial charge < -0.3 is 5.11 Å². The molecule has 1 heterocycles. The molecule has 0 atom stereocenters. The van der Waals surface area contributed by atoms with E-state index in [1.54, 1.807) is 0 Å². The molecule has 1 rings (SSSR count). The first-order chi connectivity index (χ1) is 7.61. The fourth-order valence-electron chi connectivity index (χ4n) is 2.01. The zero-order chi connectivity index (χ0) is 12.0. The van der Waals surface area contributed by atoms with Crippen LogP contribution < -0.4 is 0 Å². The highest BCUT2D eigenvalue weighted by Crippen LogP contribution is 2.22. The van der Waals surface area contributed by atoms with Crippen LogP contribution in [0.1, 0.15) is 25.7 Å². The van der Waals surface area contributed by atoms with E-state index in [1.807, 2.05) is 0 Å². The van der Waals surface area contributed by atoms with Crippen LogP contribution >= 0.6 is 23.2 Å². The van der Waals surface area contributed by atoms with E-state index in [-0.39, 0.29) is 6.42 Å². The van der Waals surface area contributed by atoms with Crippen molar-refractivity contribution in [2.45, 2.75) is 25.7 Å². The van der Waals surface area contributed by atoms with E-state index in [4.69, 9.17) is 28.3 Å². The molecule has 92 valence electrons. The predicted octanol–water partition coefficient (Wildman–Crippen LogP) is 2.88. The summed E-state index contributed by atoms with van der Waals surface area (Å²) in [6.45, 7) is 2.66. The number of carbonyl (C=O) groups is 1. The van der Waals surface area contributed by atoms with Crippen LogP contribution in [-0.2, 0) is 4.79 Å². The number of carboxylic acid groups (broad SMARTS) is 1. The number of piperidine rings is 1. The summed E-state index contributed by atoms with van der Waals surface area (Å²) >= 11 is 11.3. The van der Waals surface area contributed by atoms with Gasteiger partial charge >= 0.3 is 5.97 Å². The van der Waals surface area contributed by atoms with Gasteiger partial charge in [0.1, 0.15) is 0 Å². The molecule has 5 heteroatoms. The van der Waals surface area contributed by atoms with Gasteiger partial charge in [-0.05, 0) is 38.3 Å². The number of hydrogen-bond donors (Lipinski definition) is 1. The molecule has 16 heavy (non-hydrogen) atoms. The smallest absolute Gasteiger partial charge is 0.303 e. The molecule has 0 unspecified atom stereocenters. The lowest BCUT2D eigenvalue weighted by Crippen LogP contribution is -2.34. The summed E-state index contributed by atoms with van der Waals surface area (Å²) in [5.74, 6) is -0.151. The van der Waals surface area contributed by atoms with Gasteiger partial charge in [0.2, 0.25) is 0 Å². The molecule has 1 N–H and O–H groups in total. The van der Waals surface area contributed by atoms with Gasteiger partial charge in [-0.3, -0.25) is 9.69 Å². The first-order valence-electron chi connectivity index (χ1n) is 5.50. The summed E-state index contributed by atoms with van der Waals surface area (Å²) in [6, 6.07) is 0. The highest BCUT2D eigenvalue weighted by Gasteiger charge is 2.19. The van der Waals surface area contributed by atoms with Crippen molar-refractivity contribution in [3.63, 3.8) is 0 Å². The number of nitrogens with zero attached hydrogens (tertiary/aromatic N) is 1. The number of hydrogen-bond acceptors (Lipinski definition) is 2. The second kappa shape index (κ2) is 7.15. The van der Waals surface area contributed by atoms with Gasteiger partial charge in [-0.25, -0.2) is 0 Å². The van der Waals surface area contributed by atoms with Gasteiger partial charge in [0, 0.05) is 23.5 Å². The Balaban J connectivity index is 2.20. The van der Waals surface area contributed by atoms with Crippen LogP contribution in [0, 0.1) is 5.92 Å². The molecule has 0 aromatic heterocycles. The second-order valence-corrected chi connectivity index (χ2v) is 4.91. The molecular weight excluding hydrogens is 249 g/mol. The zero-order valence-corrected chi connectivity index (χ0v) is 10.7.